The number of carbonyl (C=O) groups excluding carboxylic acids is 1. The van der Waals surface area contributed by atoms with Gasteiger partial charge in [0.25, 0.3) is 0 Å². The van der Waals surface area contributed by atoms with Gasteiger partial charge in [0, 0.05) is 44.0 Å². The predicted octanol–water partition coefficient (Wildman–Crippen LogP) is 2.03. The molecule has 1 atom stereocenters. The lowest BCUT2D eigenvalue weighted by molar-refractivity contribution is -0.135. The number of carbonyl (C=O) groups is 1. The lowest BCUT2D eigenvalue weighted by Gasteiger charge is -2.33. The van der Waals surface area contributed by atoms with E-state index in [9.17, 15) is 9.90 Å². The van der Waals surface area contributed by atoms with Crippen LogP contribution in [-0.2, 0) is 4.79 Å². The zero-order chi connectivity index (χ0) is 18.6. The van der Waals surface area contributed by atoms with E-state index in [0.29, 0.717) is 25.5 Å². The molecule has 4 rings (SSSR count). The largest absolute Gasteiger partial charge is 0.391 e. The fourth-order valence-electron chi connectivity index (χ4n) is 3.77. The van der Waals surface area contributed by atoms with E-state index >= 15 is 0 Å². The van der Waals surface area contributed by atoms with Gasteiger partial charge in [-0.3, -0.25) is 4.79 Å². The molecule has 0 unspecified atom stereocenters. The summed E-state index contributed by atoms with van der Waals surface area (Å²) in [5, 5.41) is 12.9. The Morgan fingerprint density at radius 3 is 2.56 bits per heavy atom. The second-order valence-corrected chi connectivity index (χ2v) is 7.22. The average Bonchev–Trinajstić information content (AvgIpc) is 3.15. The molecule has 0 saturated carbocycles. The molecule has 1 amide bonds. The maximum atomic E-state index is 12.6. The molecule has 0 bridgehead atoms. The summed E-state index contributed by atoms with van der Waals surface area (Å²) in [6.45, 7) is 2.69. The molecule has 7 nitrogen and oxygen atoms in total. The van der Waals surface area contributed by atoms with Crippen molar-refractivity contribution in [2.45, 2.75) is 25.4 Å². The van der Waals surface area contributed by atoms with E-state index in [4.69, 9.17) is 0 Å². The molecule has 27 heavy (non-hydrogen) atoms. The number of benzene rings is 1. The topological polar surface area (TPSA) is 81.6 Å². The number of para-hydroxylation sites is 1. The highest BCUT2D eigenvalue weighted by Gasteiger charge is 2.32. The van der Waals surface area contributed by atoms with Crippen molar-refractivity contribution in [1.82, 2.24) is 14.9 Å². The second kappa shape index (κ2) is 7.92. The Morgan fingerprint density at radius 1 is 1.07 bits per heavy atom. The SMILES string of the molecule is O=C(C1CCN(c2nccc(Nc3ccccc3)n2)CC1)N1CC[C@@H](O)C1. The van der Waals surface area contributed by atoms with E-state index < -0.39 is 0 Å². The van der Waals surface area contributed by atoms with Crippen LogP contribution in [0.3, 0.4) is 0 Å². The highest BCUT2D eigenvalue weighted by atomic mass is 16.3. The Kier molecular flexibility index (Phi) is 5.20. The minimum atomic E-state index is -0.359. The average molecular weight is 367 g/mol. The summed E-state index contributed by atoms with van der Waals surface area (Å²) in [6, 6.07) is 11.8. The highest BCUT2D eigenvalue weighted by molar-refractivity contribution is 5.79. The van der Waals surface area contributed by atoms with Crippen molar-refractivity contribution in [2.75, 3.05) is 36.4 Å². The summed E-state index contributed by atoms with van der Waals surface area (Å²) in [7, 11) is 0. The van der Waals surface area contributed by atoms with E-state index in [2.05, 4.69) is 20.2 Å². The summed E-state index contributed by atoms with van der Waals surface area (Å²) in [5.74, 6) is 1.68. The summed E-state index contributed by atoms with van der Waals surface area (Å²) in [5.41, 5.74) is 0.985. The Morgan fingerprint density at radius 2 is 1.85 bits per heavy atom. The molecule has 2 aliphatic heterocycles. The number of nitrogens with zero attached hydrogens (tertiary/aromatic N) is 4. The van der Waals surface area contributed by atoms with Crippen LogP contribution in [0.1, 0.15) is 19.3 Å². The van der Waals surface area contributed by atoms with Crippen LogP contribution in [-0.4, -0.2) is 58.2 Å². The first-order chi connectivity index (χ1) is 13.2. The molecule has 0 spiro atoms. The summed E-state index contributed by atoms with van der Waals surface area (Å²) >= 11 is 0. The number of nitrogens with one attached hydrogen (secondary N) is 1. The number of aliphatic hydroxyl groups excluding tert-OH is 1. The molecule has 2 fully saturated rings. The maximum absolute atomic E-state index is 12.6. The normalized spacial score (nSPS) is 20.7. The van der Waals surface area contributed by atoms with E-state index in [1.807, 2.05) is 41.3 Å². The highest BCUT2D eigenvalue weighted by Crippen LogP contribution is 2.25. The molecular weight excluding hydrogens is 342 g/mol. The van der Waals surface area contributed by atoms with Gasteiger partial charge in [-0.25, -0.2) is 4.98 Å². The van der Waals surface area contributed by atoms with Crippen LogP contribution in [0.15, 0.2) is 42.6 Å². The molecule has 1 aromatic carbocycles. The minimum Gasteiger partial charge on any atom is -0.391 e. The second-order valence-electron chi connectivity index (χ2n) is 7.22. The van der Waals surface area contributed by atoms with Gasteiger partial charge in [0.05, 0.1) is 6.10 Å². The van der Waals surface area contributed by atoms with Gasteiger partial charge >= 0.3 is 0 Å². The van der Waals surface area contributed by atoms with E-state index in [0.717, 1.165) is 37.4 Å². The molecule has 0 radical (unpaired) electrons. The third-order valence-corrected chi connectivity index (χ3v) is 5.29. The van der Waals surface area contributed by atoms with Crippen molar-refractivity contribution in [2.24, 2.45) is 5.92 Å². The molecule has 0 aliphatic carbocycles. The number of piperidine rings is 1. The van der Waals surface area contributed by atoms with Gasteiger partial charge in [-0.2, -0.15) is 4.98 Å². The van der Waals surface area contributed by atoms with Crippen LogP contribution in [0.4, 0.5) is 17.5 Å². The Balaban J connectivity index is 1.35. The first-order valence-electron chi connectivity index (χ1n) is 9.56. The molecule has 3 heterocycles. The summed E-state index contributed by atoms with van der Waals surface area (Å²) < 4.78 is 0. The quantitative estimate of drug-likeness (QED) is 0.861. The van der Waals surface area contributed by atoms with Gasteiger partial charge in [0.2, 0.25) is 11.9 Å². The number of hydrogen-bond acceptors (Lipinski definition) is 6. The van der Waals surface area contributed by atoms with Crippen LogP contribution >= 0.6 is 0 Å². The van der Waals surface area contributed by atoms with Crippen molar-refractivity contribution in [3.63, 3.8) is 0 Å². The predicted molar refractivity (Wildman–Crippen MR) is 104 cm³/mol. The van der Waals surface area contributed by atoms with Gasteiger partial charge in [-0.15, -0.1) is 0 Å². The molecule has 2 N–H and O–H groups in total. The van der Waals surface area contributed by atoms with Crippen LogP contribution in [0.5, 0.6) is 0 Å². The number of amides is 1. The number of aliphatic hydroxyl groups is 1. The van der Waals surface area contributed by atoms with Gasteiger partial charge < -0.3 is 20.2 Å². The fourth-order valence-corrected chi connectivity index (χ4v) is 3.77. The maximum Gasteiger partial charge on any atom is 0.227 e. The van der Waals surface area contributed by atoms with Crippen LogP contribution in [0.2, 0.25) is 0 Å². The molecule has 2 aromatic rings. The van der Waals surface area contributed by atoms with Crippen LogP contribution in [0.25, 0.3) is 0 Å². The molecule has 2 saturated heterocycles. The molecule has 1 aromatic heterocycles. The van der Waals surface area contributed by atoms with Gasteiger partial charge in [-0.1, -0.05) is 18.2 Å². The van der Waals surface area contributed by atoms with Gasteiger partial charge in [0.1, 0.15) is 5.82 Å². The van der Waals surface area contributed by atoms with Crippen molar-refractivity contribution >= 4 is 23.4 Å². The van der Waals surface area contributed by atoms with Gasteiger partial charge in [0.15, 0.2) is 0 Å². The third-order valence-electron chi connectivity index (χ3n) is 5.29. The minimum absolute atomic E-state index is 0.0391. The fraction of sp³-hybridized carbons (Fsp3) is 0.450. The molecule has 2 aliphatic rings. The van der Waals surface area contributed by atoms with E-state index in [1.165, 1.54) is 0 Å². The first-order valence-corrected chi connectivity index (χ1v) is 9.56. The van der Waals surface area contributed by atoms with Crippen molar-refractivity contribution in [3.05, 3.63) is 42.6 Å². The number of rotatable bonds is 4. The Hall–Kier alpha value is -2.67. The smallest absolute Gasteiger partial charge is 0.227 e. The van der Waals surface area contributed by atoms with E-state index in [-0.39, 0.29) is 17.9 Å². The lowest BCUT2D eigenvalue weighted by atomic mass is 9.95. The Labute approximate surface area is 159 Å². The zero-order valence-corrected chi connectivity index (χ0v) is 15.3. The number of β-amino-alcohol motifs (C(OH)–C–C–N with tert-alkyl or cyclic N) is 1. The lowest BCUT2D eigenvalue weighted by Crippen LogP contribution is -2.42. The number of hydrogen-bond donors (Lipinski definition) is 2. The third kappa shape index (κ3) is 4.19. The first kappa shape index (κ1) is 17.7. The monoisotopic (exact) mass is 367 g/mol. The van der Waals surface area contributed by atoms with Crippen molar-refractivity contribution in [1.29, 1.82) is 0 Å². The summed E-state index contributed by atoms with van der Waals surface area (Å²) in [6.07, 6.45) is 3.69. The molecule has 142 valence electrons. The molecule has 7 heteroatoms. The number of anilines is 3. The van der Waals surface area contributed by atoms with Crippen molar-refractivity contribution < 1.29 is 9.90 Å². The standard InChI is InChI=1S/C20H25N5O2/c26-17-9-13-25(14-17)19(27)15-7-11-24(12-8-15)20-21-10-6-18(23-20)22-16-4-2-1-3-5-16/h1-6,10,15,17,26H,7-9,11-14H2,(H,21,22,23)/t17-/m1/s1. The Bertz CT molecular complexity index is 777. The van der Waals surface area contributed by atoms with E-state index in [1.54, 1.807) is 6.20 Å². The van der Waals surface area contributed by atoms with Crippen LogP contribution in [0, 0.1) is 5.92 Å². The molecular formula is C20H25N5O2. The van der Waals surface area contributed by atoms with Crippen molar-refractivity contribution in [3.8, 4) is 0 Å². The number of likely N-dealkylation sites (tertiary alicyclic amines) is 1. The summed E-state index contributed by atoms with van der Waals surface area (Å²) in [4.78, 5) is 25.6. The number of aromatic nitrogens is 2. The van der Waals surface area contributed by atoms with Gasteiger partial charge in [-0.05, 0) is 37.5 Å². The van der Waals surface area contributed by atoms with Crippen LogP contribution < -0.4 is 10.2 Å². The zero-order valence-electron chi connectivity index (χ0n) is 15.3.